The standard InChI is InChI=1S/C9H19NOS/c1-12(11)9-6-4-2-3-5-8(9)7-10/h8-9H,2-7,10H2,1H3. The molecule has 0 aromatic rings. The van der Waals surface area contributed by atoms with Crippen LogP contribution in [0.15, 0.2) is 0 Å². The summed E-state index contributed by atoms with van der Waals surface area (Å²) in [7, 11) is -0.673. The summed E-state index contributed by atoms with van der Waals surface area (Å²) in [4.78, 5) is 0. The van der Waals surface area contributed by atoms with Gasteiger partial charge in [-0.15, -0.1) is 0 Å². The van der Waals surface area contributed by atoms with Crippen molar-refractivity contribution in [2.45, 2.75) is 37.4 Å². The molecule has 0 heterocycles. The van der Waals surface area contributed by atoms with E-state index < -0.39 is 10.8 Å². The van der Waals surface area contributed by atoms with Gasteiger partial charge in [0.1, 0.15) is 0 Å². The molecule has 0 spiro atoms. The Labute approximate surface area is 77.4 Å². The average Bonchev–Trinajstić information content (AvgIpc) is 2.27. The van der Waals surface area contributed by atoms with Crippen LogP contribution in [-0.2, 0) is 10.8 Å². The van der Waals surface area contributed by atoms with Crippen molar-refractivity contribution in [1.29, 1.82) is 0 Å². The lowest BCUT2D eigenvalue weighted by atomic mass is 10.0. The van der Waals surface area contributed by atoms with E-state index in [2.05, 4.69) is 0 Å². The van der Waals surface area contributed by atoms with Crippen molar-refractivity contribution in [1.82, 2.24) is 0 Å². The highest BCUT2D eigenvalue weighted by molar-refractivity contribution is 7.84. The van der Waals surface area contributed by atoms with E-state index in [9.17, 15) is 4.21 Å². The smallest absolute Gasteiger partial charge is 0.0385 e. The third kappa shape index (κ3) is 2.56. The SMILES string of the molecule is CS(=O)C1CCCCCC1CN. The molecule has 1 aliphatic rings. The summed E-state index contributed by atoms with van der Waals surface area (Å²) in [6.45, 7) is 0.713. The molecule has 1 rings (SSSR count). The molecule has 0 radical (unpaired) electrons. The first kappa shape index (κ1) is 10.2. The Balaban J connectivity index is 2.57. The third-order valence-electron chi connectivity index (χ3n) is 2.82. The fraction of sp³-hybridized carbons (Fsp3) is 1.00. The van der Waals surface area contributed by atoms with Crippen LogP contribution < -0.4 is 5.73 Å². The van der Waals surface area contributed by atoms with E-state index in [1.807, 2.05) is 6.26 Å². The molecular weight excluding hydrogens is 170 g/mol. The lowest BCUT2D eigenvalue weighted by molar-refractivity contribution is 0.475. The van der Waals surface area contributed by atoms with Crippen molar-refractivity contribution in [3.8, 4) is 0 Å². The molecule has 0 saturated heterocycles. The van der Waals surface area contributed by atoms with E-state index in [4.69, 9.17) is 5.73 Å². The summed E-state index contributed by atoms with van der Waals surface area (Å²) in [5.74, 6) is 0.512. The molecule has 0 amide bonds. The third-order valence-corrected chi connectivity index (χ3v) is 4.29. The summed E-state index contributed by atoms with van der Waals surface area (Å²) in [6, 6.07) is 0. The topological polar surface area (TPSA) is 43.1 Å². The van der Waals surface area contributed by atoms with Gasteiger partial charge in [-0.25, -0.2) is 0 Å². The number of hydrogen-bond acceptors (Lipinski definition) is 2. The van der Waals surface area contributed by atoms with E-state index in [1.54, 1.807) is 0 Å². The van der Waals surface area contributed by atoms with E-state index in [1.165, 1.54) is 25.7 Å². The Hall–Kier alpha value is 0.110. The molecule has 0 aromatic carbocycles. The molecule has 2 nitrogen and oxygen atoms in total. The minimum absolute atomic E-state index is 0.373. The molecule has 3 unspecified atom stereocenters. The normalized spacial score (nSPS) is 34.2. The average molecular weight is 189 g/mol. The van der Waals surface area contributed by atoms with Crippen LogP contribution in [0.2, 0.25) is 0 Å². The number of rotatable bonds is 2. The Morgan fingerprint density at radius 2 is 2.00 bits per heavy atom. The van der Waals surface area contributed by atoms with Gasteiger partial charge in [0, 0.05) is 22.3 Å². The molecule has 1 saturated carbocycles. The molecule has 3 atom stereocenters. The maximum absolute atomic E-state index is 11.4. The largest absolute Gasteiger partial charge is 0.330 e. The van der Waals surface area contributed by atoms with Gasteiger partial charge in [0.2, 0.25) is 0 Å². The van der Waals surface area contributed by atoms with Gasteiger partial charge in [0.15, 0.2) is 0 Å². The maximum atomic E-state index is 11.4. The first-order valence-corrected chi connectivity index (χ1v) is 6.40. The first-order chi connectivity index (χ1) is 5.75. The monoisotopic (exact) mass is 189 g/mol. The number of hydrogen-bond donors (Lipinski definition) is 1. The van der Waals surface area contributed by atoms with Gasteiger partial charge in [-0.1, -0.05) is 19.3 Å². The zero-order chi connectivity index (χ0) is 8.97. The van der Waals surface area contributed by atoms with E-state index >= 15 is 0 Å². The van der Waals surface area contributed by atoms with E-state index in [-0.39, 0.29) is 0 Å². The summed E-state index contributed by atoms with van der Waals surface area (Å²) in [6.07, 6.45) is 7.92. The Kier molecular flexibility index (Phi) is 4.22. The Morgan fingerprint density at radius 3 is 2.58 bits per heavy atom. The van der Waals surface area contributed by atoms with Crippen LogP contribution >= 0.6 is 0 Å². The molecule has 2 N–H and O–H groups in total. The fourth-order valence-electron chi connectivity index (χ4n) is 2.06. The summed E-state index contributed by atoms with van der Waals surface area (Å²) in [5.41, 5.74) is 5.67. The maximum Gasteiger partial charge on any atom is 0.0385 e. The van der Waals surface area contributed by atoms with Crippen LogP contribution in [0.5, 0.6) is 0 Å². The molecule has 0 aliphatic heterocycles. The zero-order valence-corrected chi connectivity index (χ0v) is 8.61. The Morgan fingerprint density at radius 1 is 1.33 bits per heavy atom. The van der Waals surface area contributed by atoms with Crippen LogP contribution in [0.3, 0.4) is 0 Å². The lowest BCUT2D eigenvalue weighted by Gasteiger charge is -2.20. The van der Waals surface area contributed by atoms with Crippen molar-refractivity contribution in [2.75, 3.05) is 12.8 Å². The van der Waals surface area contributed by atoms with Crippen LogP contribution in [0.25, 0.3) is 0 Å². The van der Waals surface area contributed by atoms with Gasteiger partial charge in [-0.3, -0.25) is 4.21 Å². The molecule has 72 valence electrons. The molecule has 1 fully saturated rings. The molecular formula is C9H19NOS. The van der Waals surface area contributed by atoms with Crippen LogP contribution in [0.1, 0.15) is 32.1 Å². The molecule has 12 heavy (non-hydrogen) atoms. The van der Waals surface area contributed by atoms with Gasteiger partial charge < -0.3 is 5.73 Å². The molecule has 3 heteroatoms. The van der Waals surface area contributed by atoms with Crippen LogP contribution in [-0.4, -0.2) is 22.3 Å². The summed E-state index contributed by atoms with van der Waals surface area (Å²) >= 11 is 0. The van der Waals surface area contributed by atoms with Crippen molar-refractivity contribution in [3.63, 3.8) is 0 Å². The van der Waals surface area contributed by atoms with Gasteiger partial charge >= 0.3 is 0 Å². The van der Waals surface area contributed by atoms with Crippen molar-refractivity contribution in [2.24, 2.45) is 11.7 Å². The summed E-state index contributed by atoms with van der Waals surface area (Å²) in [5, 5.41) is 0.373. The van der Waals surface area contributed by atoms with Gasteiger partial charge in [-0.2, -0.15) is 0 Å². The first-order valence-electron chi connectivity index (χ1n) is 4.78. The molecule has 0 bridgehead atoms. The highest BCUT2D eigenvalue weighted by Crippen LogP contribution is 2.25. The quantitative estimate of drug-likeness (QED) is 0.665. The predicted octanol–water partition coefficient (Wildman–Crippen LogP) is 1.27. The number of nitrogens with two attached hydrogens (primary N) is 1. The van der Waals surface area contributed by atoms with E-state index in [0.717, 1.165) is 6.42 Å². The summed E-state index contributed by atoms with van der Waals surface area (Å²) < 4.78 is 11.4. The zero-order valence-electron chi connectivity index (χ0n) is 7.79. The van der Waals surface area contributed by atoms with Gasteiger partial charge in [-0.05, 0) is 25.3 Å². The second-order valence-electron chi connectivity index (χ2n) is 3.67. The van der Waals surface area contributed by atoms with Crippen molar-refractivity contribution in [3.05, 3.63) is 0 Å². The minimum atomic E-state index is -0.673. The van der Waals surface area contributed by atoms with Crippen molar-refractivity contribution >= 4 is 10.8 Å². The van der Waals surface area contributed by atoms with Crippen LogP contribution in [0.4, 0.5) is 0 Å². The lowest BCUT2D eigenvalue weighted by Crippen LogP contribution is -2.30. The Bertz CT molecular complexity index is 161. The second kappa shape index (κ2) is 4.97. The van der Waals surface area contributed by atoms with Gasteiger partial charge in [0.25, 0.3) is 0 Å². The highest BCUT2D eigenvalue weighted by atomic mass is 32.2. The fourth-order valence-corrected chi connectivity index (χ4v) is 3.34. The minimum Gasteiger partial charge on any atom is -0.330 e. The van der Waals surface area contributed by atoms with Crippen molar-refractivity contribution < 1.29 is 4.21 Å². The van der Waals surface area contributed by atoms with E-state index in [0.29, 0.717) is 17.7 Å². The highest BCUT2D eigenvalue weighted by Gasteiger charge is 2.24. The molecule has 1 aliphatic carbocycles. The van der Waals surface area contributed by atoms with Gasteiger partial charge in [0.05, 0.1) is 0 Å². The predicted molar refractivity (Wildman–Crippen MR) is 53.5 cm³/mol. The van der Waals surface area contributed by atoms with Crippen LogP contribution in [0, 0.1) is 5.92 Å². The molecule has 0 aromatic heterocycles. The second-order valence-corrected chi connectivity index (χ2v) is 5.27.